The zero-order valence-electron chi connectivity index (χ0n) is 30.5. The molecule has 0 bridgehead atoms. The van der Waals surface area contributed by atoms with E-state index < -0.39 is 44.7 Å². The van der Waals surface area contributed by atoms with E-state index >= 15 is 0 Å². The highest BCUT2D eigenvalue weighted by Gasteiger charge is 2.22. The van der Waals surface area contributed by atoms with E-state index in [0.717, 1.165) is 25.7 Å². The number of phosphoric acid groups is 1. The van der Waals surface area contributed by atoms with Gasteiger partial charge in [0.15, 0.2) is 6.10 Å². The molecule has 11 heteroatoms. The average molecular weight is 725 g/mol. The molecule has 4 N–H and O–H groups in total. The summed E-state index contributed by atoms with van der Waals surface area (Å²) in [5.41, 5.74) is 0. The Kier molecular flexibility index (Phi) is 31.8. The van der Waals surface area contributed by atoms with Crippen LogP contribution in [0.1, 0.15) is 129 Å². The van der Waals surface area contributed by atoms with Crippen molar-refractivity contribution in [3.8, 4) is 0 Å². The highest BCUT2D eigenvalue weighted by molar-refractivity contribution is 7.46. The lowest BCUT2D eigenvalue weighted by molar-refractivity contribution is -0.161. The fraction of sp³-hybridized carbons (Fsp3) is 0.641. The third kappa shape index (κ3) is 35.2. The zero-order chi connectivity index (χ0) is 37.1. The van der Waals surface area contributed by atoms with Crippen LogP contribution >= 0.6 is 7.82 Å². The molecule has 0 aromatic heterocycles. The van der Waals surface area contributed by atoms with Gasteiger partial charge >= 0.3 is 19.8 Å². The SMILES string of the molecule is CC/C=C\C[C@H](O)/C=C/C=C\C/C=C\C=C\[C@H](O)/C=C\CCCC(=O)O[C@H](COC(=O)CCCCCCCCCCCCC)COP(=O)(O)O. The lowest BCUT2D eigenvalue weighted by atomic mass is 10.1. The number of phosphoric ester groups is 1. The van der Waals surface area contributed by atoms with Crippen molar-refractivity contribution < 1.29 is 48.2 Å². The lowest BCUT2D eigenvalue weighted by Crippen LogP contribution is -2.29. The first-order valence-electron chi connectivity index (χ1n) is 18.5. The molecule has 0 aliphatic heterocycles. The van der Waals surface area contributed by atoms with Crippen LogP contribution in [0.4, 0.5) is 0 Å². The first kappa shape index (κ1) is 47.4. The van der Waals surface area contributed by atoms with Gasteiger partial charge in [-0.2, -0.15) is 0 Å². The number of aliphatic hydroxyl groups is 2. The van der Waals surface area contributed by atoms with E-state index in [1.807, 2.05) is 49.5 Å². The van der Waals surface area contributed by atoms with Crippen LogP contribution in [-0.2, 0) is 28.2 Å². The maximum Gasteiger partial charge on any atom is 0.469 e. The first-order chi connectivity index (χ1) is 24.1. The van der Waals surface area contributed by atoms with E-state index in [4.69, 9.17) is 19.3 Å². The van der Waals surface area contributed by atoms with Crippen LogP contribution in [0, 0.1) is 0 Å². The highest BCUT2D eigenvalue weighted by Crippen LogP contribution is 2.35. The summed E-state index contributed by atoms with van der Waals surface area (Å²) in [6.07, 6.45) is 35.6. The molecule has 0 amide bonds. The molecule has 0 aliphatic carbocycles. The molecular weight excluding hydrogens is 659 g/mol. The van der Waals surface area contributed by atoms with Crippen molar-refractivity contribution in [1.82, 2.24) is 0 Å². The van der Waals surface area contributed by atoms with Crippen LogP contribution in [0.15, 0.2) is 72.9 Å². The topological polar surface area (TPSA) is 160 Å². The number of rotatable bonds is 32. The monoisotopic (exact) mass is 724 g/mol. The van der Waals surface area contributed by atoms with Gasteiger partial charge in [-0.25, -0.2) is 4.57 Å². The molecule has 0 aliphatic rings. The van der Waals surface area contributed by atoms with Gasteiger partial charge in [-0.1, -0.05) is 151 Å². The van der Waals surface area contributed by atoms with Crippen LogP contribution in [0.25, 0.3) is 0 Å². The maximum atomic E-state index is 12.3. The van der Waals surface area contributed by atoms with Crippen molar-refractivity contribution >= 4 is 19.8 Å². The molecule has 0 aromatic rings. The standard InChI is InChI=1S/C39H65O10P/c1-3-5-7-8-9-10-11-12-16-19-25-31-38(42)47-33-37(34-48-50(44,45)46)49-39(43)32-26-20-24-30-36(41)29-23-18-15-13-14-17-22-28-35(40)27-21-6-4-2/h6,14-15,17-18,21-24,28-30,35-37,40-41H,3-5,7-13,16,19-20,25-27,31-34H2,1-2H3,(H2,44,45,46)/b17-14-,18-15-,21-6-,28-22+,29-23+,30-24-/t35-,36-,37+/m0/s1. The third-order valence-electron chi connectivity index (χ3n) is 7.41. The van der Waals surface area contributed by atoms with Gasteiger partial charge < -0.3 is 29.5 Å². The van der Waals surface area contributed by atoms with Gasteiger partial charge in [-0.3, -0.25) is 14.1 Å². The van der Waals surface area contributed by atoms with Gasteiger partial charge in [0.1, 0.15) is 6.61 Å². The Balaban J connectivity index is 4.29. The Morgan fingerprint density at radius 1 is 0.660 bits per heavy atom. The number of hydrogen-bond acceptors (Lipinski definition) is 8. The Labute approximate surface area is 301 Å². The molecule has 0 fully saturated rings. The predicted molar refractivity (Wildman–Crippen MR) is 200 cm³/mol. The fourth-order valence-corrected chi connectivity index (χ4v) is 5.00. The zero-order valence-corrected chi connectivity index (χ0v) is 31.4. The number of carbonyl (C=O) groups excluding carboxylic acids is 2. The molecule has 0 rings (SSSR count). The summed E-state index contributed by atoms with van der Waals surface area (Å²) >= 11 is 0. The molecule has 0 saturated heterocycles. The number of carbonyl (C=O) groups is 2. The van der Waals surface area contributed by atoms with Gasteiger partial charge in [-0.05, 0) is 38.5 Å². The van der Waals surface area contributed by atoms with Crippen LogP contribution in [0.5, 0.6) is 0 Å². The van der Waals surface area contributed by atoms with Crippen molar-refractivity contribution in [2.75, 3.05) is 13.2 Å². The summed E-state index contributed by atoms with van der Waals surface area (Å²) in [4.78, 5) is 42.6. The minimum atomic E-state index is -4.81. The number of hydrogen-bond donors (Lipinski definition) is 4. The van der Waals surface area contributed by atoms with Gasteiger partial charge in [-0.15, -0.1) is 0 Å². The van der Waals surface area contributed by atoms with E-state index in [-0.39, 0.29) is 19.4 Å². The molecule has 0 saturated carbocycles. The normalized spacial score (nSPS) is 14.6. The maximum absolute atomic E-state index is 12.3. The number of allylic oxidation sites excluding steroid dienone is 8. The molecule has 0 heterocycles. The van der Waals surface area contributed by atoms with Gasteiger partial charge in [0, 0.05) is 12.8 Å². The van der Waals surface area contributed by atoms with Crippen LogP contribution in [0.2, 0.25) is 0 Å². The number of esters is 2. The molecule has 286 valence electrons. The average Bonchev–Trinajstić information content (AvgIpc) is 3.07. The van der Waals surface area contributed by atoms with Crippen LogP contribution in [-0.4, -0.2) is 63.5 Å². The van der Waals surface area contributed by atoms with E-state index in [2.05, 4.69) is 11.4 Å². The first-order valence-corrected chi connectivity index (χ1v) is 20.0. The number of ether oxygens (including phenoxy) is 2. The minimum Gasteiger partial charge on any atom is -0.462 e. The summed E-state index contributed by atoms with van der Waals surface area (Å²) in [7, 11) is -4.81. The second-order valence-electron chi connectivity index (χ2n) is 12.2. The van der Waals surface area contributed by atoms with E-state index in [0.29, 0.717) is 32.1 Å². The van der Waals surface area contributed by atoms with E-state index in [9.17, 15) is 24.4 Å². The largest absolute Gasteiger partial charge is 0.469 e. The predicted octanol–water partition coefficient (Wildman–Crippen LogP) is 8.67. The molecule has 0 spiro atoms. The van der Waals surface area contributed by atoms with Crippen molar-refractivity contribution in [2.24, 2.45) is 0 Å². The molecule has 0 radical (unpaired) electrons. The Morgan fingerprint density at radius 3 is 1.88 bits per heavy atom. The quantitative estimate of drug-likeness (QED) is 0.0174. The molecule has 50 heavy (non-hydrogen) atoms. The Hall–Kier alpha value is -2.59. The molecule has 3 atom stereocenters. The lowest BCUT2D eigenvalue weighted by Gasteiger charge is -2.18. The molecule has 0 unspecified atom stereocenters. The second-order valence-corrected chi connectivity index (χ2v) is 13.5. The summed E-state index contributed by atoms with van der Waals surface area (Å²) in [6.45, 7) is 3.30. The third-order valence-corrected chi connectivity index (χ3v) is 7.90. The molecular formula is C39H65O10P. The molecule has 0 aromatic carbocycles. The minimum absolute atomic E-state index is 0.0235. The van der Waals surface area contributed by atoms with Crippen LogP contribution < -0.4 is 0 Å². The Morgan fingerprint density at radius 2 is 1.26 bits per heavy atom. The van der Waals surface area contributed by atoms with Crippen molar-refractivity contribution in [3.63, 3.8) is 0 Å². The summed E-state index contributed by atoms with van der Waals surface area (Å²) in [5, 5.41) is 19.9. The van der Waals surface area contributed by atoms with Gasteiger partial charge in [0.05, 0.1) is 18.8 Å². The van der Waals surface area contributed by atoms with Crippen molar-refractivity contribution in [3.05, 3.63) is 72.9 Å². The second kappa shape index (κ2) is 33.5. The number of aliphatic hydroxyl groups excluding tert-OH is 2. The van der Waals surface area contributed by atoms with Crippen molar-refractivity contribution in [2.45, 2.75) is 148 Å². The van der Waals surface area contributed by atoms with Gasteiger partial charge in [0.25, 0.3) is 0 Å². The number of unbranched alkanes of at least 4 members (excludes halogenated alkanes) is 11. The smallest absolute Gasteiger partial charge is 0.462 e. The van der Waals surface area contributed by atoms with E-state index in [1.165, 1.54) is 44.9 Å². The summed E-state index contributed by atoms with van der Waals surface area (Å²) in [6, 6.07) is 0. The fourth-order valence-electron chi connectivity index (χ4n) is 4.64. The Bertz CT molecular complexity index is 1070. The summed E-state index contributed by atoms with van der Waals surface area (Å²) in [5.74, 6) is -1.08. The van der Waals surface area contributed by atoms with Gasteiger partial charge in [0.2, 0.25) is 0 Å². The van der Waals surface area contributed by atoms with E-state index in [1.54, 1.807) is 30.4 Å². The van der Waals surface area contributed by atoms with Crippen LogP contribution in [0.3, 0.4) is 0 Å². The highest BCUT2D eigenvalue weighted by atomic mass is 31.2. The summed E-state index contributed by atoms with van der Waals surface area (Å²) < 4.78 is 26.1. The van der Waals surface area contributed by atoms with Crippen molar-refractivity contribution in [1.29, 1.82) is 0 Å². The molecule has 10 nitrogen and oxygen atoms in total.